The third-order valence-electron chi connectivity index (χ3n) is 3.20. The zero-order valence-electron chi connectivity index (χ0n) is 11.1. The maximum absolute atomic E-state index is 12.2. The van der Waals surface area contributed by atoms with E-state index in [2.05, 4.69) is 0 Å². The molecule has 1 aliphatic rings. The van der Waals surface area contributed by atoms with E-state index in [9.17, 15) is 4.79 Å². The van der Waals surface area contributed by atoms with E-state index in [-0.39, 0.29) is 12.5 Å². The number of carbonyl (C=O) groups is 1. The lowest BCUT2D eigenvalue weighted by Crippen LogP contribution is -2.45. The number of anilines is 1. The molecule has 0 saturated heterocycles. The van der Waals surface area contributed by atoms with Gasteiger partial charge in [-0.25, -0.2) is 0 Å². The Morgan fingerprint density at radius 2 is 2.26 bits per heavy atom. The smallest absolute Gasteiger partial charge is 0.267 e. The molecular formula is C14H20N2O3. The number of benzene rings is 1. The number of carbonyl (C=O) groups excluding carboxylic acids is 1. The van der Waals surface area contributed by atoms with E-state index >= 15 is 0 Å². The van der Waals surface area contributed by atoms with Crippen molar-refractivity contribution < 1.29 is 14.6 Å². The van der Waals surface area contributed by atoms with E-state index in [1.165, 1.54) is 0 Å². The minimum atomic E-state index is -0.480. The molecule has 1 aromatic carbocycles. The molecule has 3 N–H and O–H groups in total. The molecule has 19 heavy (non-hydrogen) atoms. The Morgan fingerprint density at radius 3 is 2.95 bits per heavy atom. The van der Waals surface area contributed by atoms with Crippen molar-refractivity contribution in [3.8, 4) is 5.75 Å². The quantitative estimate of drug-likeness (QED) is 0.820. The molecule has 0 spiro atoms. The summed E-state index contributed by atoms with van der Waals surface area (Å²) in [5, 5.41) is 8.95. The maximum Gasteiger partial charge on any atom is 0.267 e. The van der Waals surface area contributed by atoms with Gasteiger partial charge in [0.2, 0.25) is 0 Å². The van der Waals surface area contributed by atoms with Crippen molar-refractivity contribution in [3.63, 3.8) is 0 Å². The summed E-state index contributed by atoms with van der Waals surface area (Å²) in [7, 11) is 0. The highest BCUT2D eigenvalue weighted by Crippen LogP contribution is 2.35. The lowest BCUT2D eigenvalue weighted by atomic mass is 10.1. The Morgan fingerprint density at radius 1 is 1.47 bits per heavy atom. The van der Waals surface area contributed by atoms with Crippen LogP contribution in [0.2, 0.25) is 0 Å². The van der Waals surface area contributed by atoms with E-state index in [1.54, 1.807) is 11.8 Å². The van der Waals surface area contributed by atoms with E-state index in [0.29, 0.717) is 25.3 Å². The highest BCUT2D eigenvalue weighted by atomic mass is 16.5. The van der Waals surface area contributed by atoms with Crippen LogP contribution >= 0.6 is 0 Å². The standard InChI is InChI=1S/C14H20N2O3/c1-10-14(18)16(7-2-8-17)12-9-11(5-6-15)3-4-13(12)19-10/h3-4,9-10,17H,2,5-8,15H2,1H3. The van der Waals surface area contributed by atoms with Gasteiger partial charge in [-0.15, -0.1) is 0 Å². The minimum Gasteiger partial charge on any atom is -0.479 e. The Kier molecular flexibility index (Phi) is 4.39. The number of ether oxygens (including phenoxy) is 1. The summed E-state index contributed by atoms with van der Waals surface area (Å²) in [6.07, 6.45) is 0.843. The number of hydrogen-bond donors (Lipinski definition) is 2. The van der Waals surface area contributed by atoms with Crippen LogP contribution in [0.15, 0.2) is 18.2 Å². The Balaban J connectivity index is 2.33. The van der Waals surface area contributed by atoms with Gasteiger partial charge < -0.3 is 20.5 Å². The second kappa shape index (κ2) is 6.04. The molecule has 0 fully saturated rings. The molecule has 1 heterocycles. The normalized spacial score (nSPS) is 18.2. The molecule has 0 radical (unpaired) electrons. The lowest BCUT2D eigenvalue weighted by Gasteiger charge is -2.33. The molecule has 1 atom stereocenters. The molecule has 1 aliphatic heterocycles. The van der Waals surface area contributed by atoms with Crippen molar-refractivity contribution in [1.29, 1.82) is 0 Å². The van der Waals surface area contributed by atoms with Crippen LogP contribution in [0.25, 0.3) is 0 Å². The number of rotatable bonds is 5. The molecule has 1 amide bonds. The van der Waals surface area contributed by atoms with Gasteiger partial charge in [0.25, 0.3) is 5.91 Å². The fourth-order valence-electron chi connectivity index (χ4n) is 2.23. The largest absolute Gasteiger partial charge is 0.479 e. The molecule has 0 saturated carbocycles. The SMILES string of the molecule is CC1Oc2ccc(CCN)cc2N(CCCO)C1=O. The summed E-state index contributed by atoms with van der Waals surface area (Å²) in [5.41, 5.74) is 7.42. The van der Waals surface area contributed by atoms with Crippen molar-refractivity contribution in [3.05, 3.63) is 23.8 Å². The van der Waals surface area contributed by atoms with Crippen molar-refractivity contribution in [2.75, 3.05) is 24.6 Å². The van der Waals surface area contributed by atoms with Gasteiger partial charge >= 0.3 is 0 Å². The highest BCUT2D eigenvalue weighted by Gasteiger charge is 2.31. The Hall–Kier alpha value is -1.59. The van der Waals surface area contributed by atoms with Gasteiger partial charge in [-0.1, -0.05) is 6.07 Å². The highest BCUT2D eigenvalue weighted by molar-refractivity contribution is 5.99. The Labute approximate surface area is 113 Å². The van der Waals surface area contributed by atoms with Crippen molar-refractivity contribution in [2.45, 2.75) is 25.9 Å². The summed E-state index contributed by atoms with van der Waals surface area (Å²) in [5.74, 6) is 0.650. The molecule has 1 aromatic rings. The number of hydrogen-bond acceptors (Lipinski definition) is 4. The average molecular weight is 264 g/mol. The third-order valence-corrected chi connectivity index (χ3v) is 3.20. The van der Waals surface area contributed by atoms with Gasteiger partial charge in [0, 0.05) is 13.2 Å². The monoisotopic (exact) mass is 264 g/mol. The van der Waals surface area contributed by atoms with E-state index < -0.39 is 6.10 Å². The number of aliphatic hydroxyl groups is 1. The van der Waals surface area contributed by atoms with Gasteiger partial charge in [0.1, 0.15) is 5.75 Å². The number of amides is 1. The molecule has 5 heteroatoms. The predicted octanol–water partition coefficient (Wildman–Crippen LogP) is 0.684. The van der Waals surface area contributed by atoms with Gasteiger partial charge in [0.15, 0.2) is 6.10 Å². The van der Waals surface area contributed by atoms with E-state index in [1.807, 2.05) is 18.2 Å². The maximum atomic E-state index is 12.2. The van der Waals surface area contributed by atoms with Crippen LogP contribution in [0.5, 0.6) is 5.75 Å². The van der Waals surface area contributed by atoms with Gasteiger partial charge in [-0.3, -0.25) is 4.79 Å². The minimum absolute atomic E-state index is 0.0640. The van der Waals surface area contributed by atoms with Crippen LogP contribution in [0, 0.1) is 0 Å². The number of fused-ring (bicyclic) bond motifs is 1. The first-order valence-electron chi connectivity index (χ1n) is 6.59. The van der Waals surface area contributed by atoms with Crippen molar-refractivity contribution in [2.24, 2.45) is 5.73 Å². The first-order chi connectivity index (χ1) is 9.17. The average Bonchev–Trinajstić information content (AvgIpc) is 2.40. The number of nitrogens with two attached hydrogens (primary N) is 1. The molecule has 104 valence electrons. The lowest BCUT2D eigenvalue weighted by molar-refractivity contribution is -0.125. The fourth-order valence-corrected chi connectivity index (χ4v) is 2.23. The molecule has 2 rings (SSSR count). The number of aliphatic hydroxyl groups excluding tert-OH is 1. The summed E-state index contributed by atoms with van der Waals surface area (Å²) in [4.78, 5) is 13.9. The summed E-state index contributed by atoms with van der Waals surface area (Å²) in [6, 6.07) is 5.80. The van der Waals surface area contributed by atoms with Crippen LogP contribution in [0.3, 0.4) is 0 Å². The number of nitrogens with zero attached hydrogens (tertiary/aromatic N) is 1. The van der Waals surface area contributed by atoms with Crippen LogP contribution < -0.4 is 15.4 Å². The summed E-state index contributed by atoms with van der Waals surface area (Å²) in [6.45, 7) is 2.88. The fraction of sp³-hybridized carbons (Fsp3) is 0.500. The van der Waals surface area contributed by atoms with Gasteiger partial charge in [0.05, 0.1) is 5.69 Å². The molecule has 5 nitrogen and oxygen atoms in total. The molecule has 1 unspecified atom stereocenters. The summed E-state index contributed by atoms with van der Waals surface area (Å²) < 4.78 is 5.60. The first-order valence-corrected chi connectivity index (χ1v) is 6.59. The van der Waals surface area contributed by atoms with Crippen LogP contribution in [-0.4, -0.2) is 36.8 Å². The Bertz CT molecular complexity index is 462. The van der Waals surface area contributed by atoms with Crippen molar-refractivity contribution >= 4 is 11.6 Å². The second-order valence-corrected chi connectivity index (χ2v) is 4.67. The van der Waals surface area contributed by atoms with Crippen LogP contribution in [-0.2, 0) is 11.2 Å². The zero-order valence-corrected chi connectivity index (χ0v) is 11.1. The molecule has 0 bridgehead atoms. The third kappa shape index (κ3) is 2.88. The molecular weight excluding hydrogens is 244 g/mol. The van der Waals surface area contributed by atoms with E-state index in [4.69, 9.17) is 15.6 Å². The molecule has 0 aliphatic carbocycles. The van der Waals surface area contributed by atoms with E-state index in [0.717, 1.165) is 17.7 Å². The van der Waals surface area contributed by atoms with Crippen molar-refractivity contribution in [1.82, 2.24) is 0 Å². The van der Waals surface area contributed by atoms with Crippen LogP contribution in [0.1, 0.15) is 18.9 Å². The van der Waals surface area contributed by atoms with Gasteiger partial charge in [-0.05, 0) is 44.0 Å². The first kappa shape index (κ1) is 13.8. The van der Waals surface area contributed by atoms with Crippen LogP contribution in [0.4, 0.5) is 5.69 Å². The predicted molar refractivity (Wildman–Crippen MR) is 73.3 cm³/mol. The molecule has 0 aromatic heterocycles. The zero-order chi connectivity index (χ0) is 13.8. The topological polar surface area (TPSA) is 75.8 Å². The van der Waals surface area contributed by atoms with Gasteiger partial charge in [-0.2, -0.15) is 0 Å². The second-order valence-electron chi connectivity index (χ2n) is 4.67. The summed E-state index contributed by atoms with van der Waals surface area (Å²) >= 11 is 0.